The fraction of sp³-hybridized carbons (Fsp3) is 0.381. The monoisotopic (exact) mass is 433 g/mol. The fourth-order valence-electron chi connectivity index (χ4n) is 4.62. The van der Waals surface area contributed by atoms with Crippen molar-refractivity contribution < 1.29 is 14.7 Å². The summed E-state index contributed by atoms with van der Waals surface area (Å²) in [4.78, 5) is 31.7. The predicted molar refractivity (Wildman–Crippen MR) is 111 cm³/mol. The number of nitrogens with two attached hydrogens (primary N) is 1. The molecule has 2 aromatic rings. The first-order valence-electron chi connectivity index (χ1n) is 9.52. The lowest BCUT2D eigenvalue weighted by atomic mass is 9.93. The number of rotatable bonds is 4. The molecule has 0 saturated heterocycles. The normalized spacial score (nSPS) is 21.0. The van der Waals surface area contributed by atoms with Gasteiger partial charge in [-0.3, -0.25) is 14.6 Å². The maximum atomic E-state index is 13.5. The van der Waals surface area contributed by atoms with Crippen LogP contribution >= 0.6 is 23.2 Å². The number of aliphatic hydroxyl groups is 1. The number of carbonyl (C=O) groups excluding carboxylic acids is 2. The smallest absolute Gasteiger partial charge is 0.257 e. The Morgan fingerprint density at radius 3 is 2.72 bits per heavy atom. The number of halogens is 2. The van der Waals surface area contributed by atoms with E-state index in [-0.39, 0.29) is 30.4 Å². The molecule has 2 heterocycles. The number of pyridine rings is 1. The van der Waals surface area contributed by atoms with E-state index in [1.165, 1.54) is 0 Å². The number of hydrogen-bond acceptors (Lipinski definition) is 4. The van der Waals surface area contributed by atoms with E-state index in [4.69, 9.17) is 28.9 Å². The van der Waals surface area contributed by atoms with Crippen molar-refractivity contribution in [3.05, 3.63) is 50.8 Å². The minimum atomic E-state index is -0.377. The Bertz CT molecular complexity index is 1020. The van der Waals surface area contributed by atoms with Crippen LogP contribution in [0, 0.1) is 12.8 Å². The number of primary amides is 1. The van der Waals surface area contributed by atoms with Crippen molar-refractivity contribution in [1.82, 2.24) is 9.88 Å². The van der Waals surface area contributed by atoms with Crippen molar-refractivity contribution in [3.8, 4) is 11.1 Å². The summed E-state index contributed by atoms with van der Waals surface area (Å²) in [6.45, 7) is 1.84. The van der Waals surface area contributed by atoms with Crippen molar-refractivity contribution in [1.29, 1.82) is 0 Å². The second kappa shape index (κ2) is 7.59. The first kappa shape index (κ1) is 20.1. The lowest BCUT2D eigenvalue weighted by Gasteiger charge is -2.27. The Labute approximate surface area is 178 Å². The molecule has 2 amide bonds. The number of fused-ring (bicyclic) bond motifs is 1. The minimum absolute atomic E-state index is 0.207. The molecule has 2 atom stereocenters. The first-order chi connectivity index (χ1) is 13.8. The third kappa shape index (κ3) is 3.29. The largest absolute Gasteiger partial charge is 0.392 e. The number of benzene rings is 1. The molecular formula is C21H21Cl2N3O3. The van der Waals surface area contributed by atoms with Crippen LogP contribution < -0.4 is 5.73 Å². The molecule has 2 aliphatic rings. The summed E-state index contributed by atoms with van der Waals surface area (Å²) in [6, 6.07) is 4.82. The molecule has 1 aromatic heterocycles. The van der Waals surface area contributed by atoms with Crippen molar-refractivity contribution in [2.45, 2.75) is 45.4 Å². The molecule has 29 heavy (non-hydrogen) atoms. The third-order valence-corrected chi connectivity index (χ3v) is 6.53. The highest BCUT2D eigenvalue weighted by atomic mass is 35.5. The van der Waals surface area contributed by atoms with E-state index >= 15 is 0 Å². The van der Waals surface area contributed by atoms with Crippen molar-refractivity contribution in [3.63, 3.8) is 0 Å². The van der Waals surface area contributed by atoms with E-state index in [9.17, 15) is 14.7 Å². The highest BCUT2D eigenvalue weighted by Crippen LogP contribution is 2.42. The number of hydrogen-bond donors (Lipinski definition) is 2. The van der Waals surface area contributed by atoms with Gasteiger partial charge in [-0.1, -0.05) is 35.7 Å². The summed E-state index contributed by atoms with van der Waals surface area (Å²) < 4.78 is 0. The van der Waals surface area contributed by atoms with Gasteiger partial charge in [-0.25, -0.2) is 0 Å². The van der Waals surface area contributed by atoms with Gasteiger partial charge in [-0.05, 0) is 31.9 Å². The van der Waals surface area contributed by atoms with Crippen LogP contribution in [0.5, 0.6) is 0 Å². The van der Waals surface area contributed by atoms with Crippen molar-refractivity contribution in [2.75, 3.05) is 0 Å². The fourth-order valence-corrected chi connectivity index (χ4v) is 5.12. The van der Waals surface area contributed by atoms with Gasteiger partial charge in [-0.2, -0.15) is 0 Å². The van der Waals surface area contributed by atoms with Crippen LogP contribution in [0.4, 0.5) is 0 Å². The van der Waals surface area contributed by atoms with E-state index in [1.807, 2.05) is 0 Å². The summed E-state index contributed by atoms with van der Waals surface area (Å²) in [5.74, 6) is -0.937. The second-order valence-electron chi connectivity index (χ2n) is 7.59. The van der Waals surface area contributed by atoms with Gasteiger partial charge >= 0.3 is 0 Å². The summed E-state index contributed by atoms with van der Waals surface area (Å²) in [5, 5.41) is 10.9. The molecule has 1 aromatic carbocycles. The standard InChI is InChI=1S/C21H21Cl2N3O3/c1-10-14(9-27)18(12-6-5-11(22)7-15(12)23)19-16(25-10)8-26(21(19)29)17-4-2-3-13(17)20(24)28/h5-7,13,17,27H,2-4,8-9H2,1H3,(H2,24,28)/t13-,17?/m1/s1. The summed E-state index contributed by atoms with van der Waals surface area (Å²) in [5.41, 5.74) is 9.03. The quantitative estimate of drug-likeness (QED) is 0.770. The Kier molecular flexibility index (Phi) is 5.27. The summed E-state index contributed by atoms with van der Waals surface area (Å²) >= 11 is 12.5. The molecule has 1 aliphatic heterocycles. The van der Waals surface area contributed by atoms with E-state index in [0.717, 1.165) is 12.8 Å². The van der Waals surface area contributed by atoms with E-state index in [2.05, 4.69) is 4.98 Å². The highest BCUT2D eigenvalue weighted by molar-refractivity contribution is 6.36. The molecule has 1 fully saturated rings. The van der Waals surface area contributed by atoms with Gasteiger partial charge in [0.2, 0.25) is 5.91 Å². The number of aliphatic hydroxyl groups excluding tert-OH is 1. The molecule has 152 valence electrons. The maximum Gasteiger partial charge on any atom is 0.257 e. The zero-order valence-corrected chi connectivity index (χ0v) is 17.4. The molecule has 4 rings (SSSR count). The Morgan fingerprint density at radius 2 is 2.07 bits per heavy atom. The maximum absolute atomic E-state index is 13.5. The van der Waals surface area contributed by atoms with Crippen LogP contribution in [-0.2, 0) is 17.9 Å². The Balaban J connectivity index is 1.87. The van der Waals surface area contributed by atoms with Gasteiger partial charge in [0.25, 0.3) is 5.91 Å². The predicted octanol–water partition coefficient (Wildman–Crippen LogP) is 3.47. The van der Waals surface area contributed by atoms with Crippen LogP contribution in [0.1, 0.15) is 46.6 Å². The van der Waals surface area contributed by atoms with Crippen LogP contribution in [-0.4, -0.2) is 32.8 Å². The van der Waals surface area contributed by atoms with Gasteiger partial charge in [0, 0.05) is 38.5 Å². The summed E-state index contributed by atoms with van der Waals surface area (Å²) in [7, 11) is 0. The molecule has 1 saturated carbocycles. The molecule has 3 N–H and O–H groups in total. The zero-order valence-electron chi connectivity index (χ0n) is 15.9. The molecule has 1 aliphatic carbocycles. The number of nitrogens with zero attached hydrogens (tertiary/aromatic N) is 2. The van der Waals surface area contributed by atoms with Gasteiger partial charge in [-0.15, -0.1) is 0 Å². The van der Waals surface area contributed by atoms with Crippen LogP contribution in [0.15, 0.2) is 18.2 Å². The molecular weight excluding hydrogens is 413 g/mol. The third-order valence-electron chi connectivity index (χ3n) is 5.98. The van der Waals surface area contributed by atoms with Crippen molar-refractivity contribution >= 4 is 35.0 Å². The number of aryl methyl sites for hydroxylation is 1. The van der Waals surface area contributed by atoms with Crippen molar-refractivity contribution in [2.24, 2.45) is 11.7 Å². The van der Waals surface area contributed by atoms with E-state index in [0.29, 0.717) is 56.7 Å². The van der Waals surface area contributed by atoms with Crippen LogP contribution in [0.2, 0.25) is 10.0 Å². The highest BCUT2D eigenvalue weighted by Gasteiger charge is 2.43. The number of carbonyl (C=O) groups is 2. The van der Waals surface area contributed by atoms with Gasteiger partial charge in [0.15, 0.2) is 0 Å². The first-order valence-corrected chi connectivity index (χ1v) is 10.3. The van der Waals surface area contributed by atoms with E-state index in [1.54, 1.807) is 30.0 Å². The van der Waals surface area contributed by atoms with Gasteiger partial charge in [0.1, 0.15) is 0 Å². The molecule has 8 heteroatoms. The molecule has 0 spiro atoms. The SMILES string of the molecule is Cc1nc2c(c(-c3ccc(Cl)cc3Cl)c1CO)C(=O)N(C1CCC[C@H]1C(N)=O)C2. The lowest BCUT2D eigenvalue weighted by Crippen LogP contribution is -2.42. The Morgan fingerprint density at radius 1 is 1.31 bits per heavy atom. The molecule has 6 nitrogen and oxygen atoms in total. The Hall–Kier alpha value is -2.15. The van der Waals surface area contributed by atoms with E-state index < -0.39 is 0 Å². The summed E-state index contributed by atoms with van der Waals surface area (Å²) in [6.07, 6.45) is 2.27. The average Bonchev–Trinajstić information content (AvgIpc) is 3.26. The van der Waals surface area contributed by atoms with Gasteiger partial charge < -0.3 is 15.7 Å². The van der Waals surface area contributed by atoms with Crippen LogP contribution in [0.3, 0.4) is 0 Å². The topological polar surface area (TPSA) is 96.5 Å². The molecule has 1 unspecified atom stereocenters. The van der Waals surface area contributed by atoms with Crippen LogP contribution in [0.25, 0.3) is 11.1 Å². The number of aromatic nitrogens is 1. The minimum Gasteiger partial charge on any atom is -0.392 e. The average molecular weight is 434 g/mol. The molecule has 0 bridgehead atoms. The molecule has 0 radical (unpaired) electrons. The number of amides is 2. The lowest BCUT2D eigenvalue weighted by molar-refractivity contribution is -0.122. The van der Waals surface area contributed by atoms with Gasteiger partial charge in [0.05, 0.1) is 30.3 Å². The second-order valence-corrected chi connectivity index (χ2v) is 8.44. The zero-order chi connectivity index (χ0) is 20.9.